The van der Waals surface area contributed by atoms with Crippen LogP contribution in [0.15, 0.2) is 196 Å². The molecule has 0 spiro atoms. The van der Waals surface area contributed by atoms with Crippen LogP contribution >= 0.6 is 0 Å². The number of carbonyl (C=O) groups excluding carboxylic acids is 3. The summed E-state index contributed by atoms with van der Waals surface area (Å²) >= 11 is 0. The Balaban J connectivity index is 0.000000218. The zero-order valence-corrected chi connectivity index (χ0v) is 63.0. The number of methoxy groups -OCH3 is 2. The molecule has 6 aromatic rings. The van der Waals surface area contributed by atoms with E-state index >= 15 is 0 Å². The van der Waals surface area contributed by atoms with Gasteiger partial charge in [-0.2, -0.15) is 0 Å². The second-order valence-electron chi connectivity index (χ2n) is 27.5. The van der Waals surface area contributed by atoms with Gasteiger partial charge >= 0.3 is 0 Å². The molecule has 0 saturated heterocycles. The molecule has 6 aromatic carbocycles. The minimum absolute atomic E-state index is 0.00944. The fourth-order valence-electron chi connectivity index (χ4n) is 12.1. The van der Waals surface area contributed by atoms with Crippen LogP contribution in [-0.4, -0.2) is 87.3 Å². The number of fused-ring (bicyclic) bond motifs is 6. The van der Waals surface area contributed by atoms with Crippen molar-refractivity contribution in [3.05, 3.63) is 213 Å². The van der Waals surface area contributed by atoms with E-state index in [4.69, 9.17) is 9.47 Å². The molecule has 0 unspecified atom stereocenters. The number of benzene rings is 6. The van der Waals surface area contributed by atoms with Crippen LogP contribution in [0.3, 0.4) is 0 Å². The van der Waals surface area contributed by atoms with Gasteiger partial charge in [-0.25, -0.2) is 0 Å². The maximum absolute atomic E-state index is 13.5. The Kier molecular flexibility index (Phi) is 29.6. The van der Waals surface area contributed by atoms with Crippen molar-refractivity contribution in [1.82, 2.24) is 0 Å². The van der Waals surface area contributed by atoms with Gasteiger partial charge in [0.2, 0.25) is 0 Å². The van der Waals surface area contributed by atoms with Gasteiger partial charge < -0.3 is 75.9 Å². The summed E-state index contributed by atoms with van der Waals surface area (Å²) in [5.41, 5.74) is 15.9. The van der Waals surface area contributed by atoms with Crippen LogP contribution in [0.25, 0.3) is 0 Å². The van der Waals surface area contributed by atoms with Crippen molar-refractivity contribution in [2.45, 2.75) is 160 Å². The van der Waals surface area contributed by atoms with Crippen LogP contribution in [0.1, 0.15) is 191 Å². The Labute approximate surface area is 614 Å². The molecule has 552 valence electrons. The summed E-state index contributed by atoms with van der Waals surface area (Å²) in [6.07, 6.45) is 31.5. The summed E-state index contributed by atoms with van der Waals surface area (Å²) < 4.78 is 10.8. The lowest BCUT2D eigenvalue weighted by atomic mass is 10.1. The number of ether oxygens (including phenoxy) is 2. The number of anilines is 9. The highest BCUT2D eigenvalue weighted by atomic mass is 16.5. The maximum Gasteiger partial charge on any atom is 0.260 e. The first-order chi connectivity index (χ1) is 49.6. The third-order valence-electron chi connectivity index (χ3n) is 18.1. The molecular formula is C86H106N6O12. The fraction of sp³-hybridized carbons (Fsp3) is 0.337. The van der Waals surface area contributed by atoms with Gasteiger partial charge in [0, 0.05) is 56.0 Å². The van der Waals surface area contributed by atoms with Gasteiger partial charge in [0.05, 0.1) is 65.0 Å². The normalized spacial score (nSPS) is 13.6. The molecule has 104 heavy (non-hydrogen) atoms. The number of hydrogen-bond acceptors (Lipinski definition) is 15. The van der Waals surface area contributed by atoms with Crippen LogP contribution < -0.4 is 40.1 Å². The molecule has 18 nitrogen and oxygen atoms in total. The first kappa shape index (κ1) is 80.3. The highest BCUT2D eigenvalue weighted by Gasteiger charge is 2.34. The average Bonchev–Trinajstić information content (AvgIpc) is 1.64. The zero-order valence-electron chi connectivity index (χ0n) is 63.0. The molecule has 0 bridgehead atoms. The molecule has 3 aliphatic rings. The topological polar surface area (TPSA) is 257 Å². The molecule has 3 amide bonds. The van der Waals surface area contributed by atoms with E-state index in [0.717, 1.165) is 82.6 Å². The van der Waals surface area contributed by atoms with Gasteiger partial charge in [-0.15, -0.1) is 0 Å². The van der Waals surface area contributed by atoms with Crippen LogP contribution in [0, 0.1) is 0 Å². The standard InChI is InChI=1S/2C29H36N2O4.C28H34N2O4/c1-19(2)9-6-10-20(3)11-7-12-21(4)15-16-31-24-17-22(35-5)18-26(33)28(24)30-27-23(29(31)34)13-8-14-25(27)32;1-19(2)9-6-10-20(3)11-7-12-21(4)15-16-31-24-17-22(32)18-26(35-5)28(24)30-27-23(29(31)34)13-8-14-25(27)33;1-18(2)8-5-9-19(3)10-6-11-20(4)14-15-30-23-16-21(31)17-25(33)27(23)29-26-22(28(30)34)12-7-13-24(26)32/h2*8-9,11,13-15,17-18,30,32-33H,6-7,10,12,16H2,1-5H3;7-8,10,12-14,16-17,29,31-33H,5-6,9,11,15H2,1-4H3/b2*20-11+,21-15+;19-10+,20-14+. The van der Waals surface area contributed by atoms with Gasteiger partial charge in [-0.3, -0.25) is 14.4 Å². The summed E-state index contributed by atoms with van der Waals surface area (Å²) in [5.74, 6) is -0.678. The van der Waals surface area contributed by atoms with Crippen molar-refractivity contribution < 1.29 is 59.6 Å². The Morgan fingerprint density at radius 2 is 0.635 bits per heavy atom. The van der Waals surface area contributed by atoms with Gasteiger partial charge in [-0.1, -0.05) is 123 Å². The van der Waals surface area contributed by atoms with E-state index in [2.05, 4.69) is 129 Å². The van der Waals surface area contributed by atoms with Crippen LogP contribution in [-0.2, 0) is 0 Å². The Bertz CT molecular complexity index is 4310. The molecular weight excluding hydrogens is 1310 g/mol. The lowest BCUT2D eigenvalue weighted by molar-refractivity contribution is 0.0983. The van der Waals surface area contributed by atoms with Crippen molar-refractivity contribution in [2.75, 3.05) is 64.5 Å². The number of phenols is 7. The van der Waals surface area contributed by atoms with E-state index in [1.807, 2.05) is 25.2 Å². The van der Waals surface area contributed by atoms with E-state index < -0.39 is 0 Å². The predicted molar refractivity (Wildman–Crippen MR) is 425 cm³/mol. The summed E-state index contributed by atoms with van der Waals surface area (Å²) in [4.78, 5) is 45.2. The van der Waals surface area contributed by atoms with Crippen LogP contribution in [0.4, 0.5) is 51.2 Å². The summed E-state index contributed by atoms with van der Waals surface area (Å²) in [5, 5.41) is 81.8. The third-order valence-corrected chi connectivity index (χ3v) is 18.1. The van der Waals surface area contributed by atoms with E-state index in [-0.39, 0.29) is 87.1 Å². The average molecular weight is 1420 g/mol. The number of allylic oxidation sites excluding steroid dienone is 15. The van der Waals surface area contributed by atoms with E-state index in [1.165, 1.54) is 112 Å². The van der Waals surface area contributed by atoms with Crippen LogP contribution in [0.2, 0.25) is 0 Å². The maximum atomic E-state index is 13.5. The highest BCUT2D eigenvalue weighted by Crippen LogP contribution is 2.49. The Morgan fingerprint density at radius 3 is 0.971 bits per heavy atom. The molecule has 18 heteroatoms. The number of rotatable bonds is 26. The molecule has 0 aromatic heterocycles. The number of para-hydroxylation sites is 3. The predicted octanol–water partition coefficient (Wildman–Crippen LogP) is 21.4. The monoisotopic (exact) mass is 1410 g/mol. The van der Waals surface area contributed by atoms with Crippen molar-refractivity contribution >= 4 is 68.9 Å². The second-order valence-corrected chi connectivity index (χ2v) is 27.5. The van der Waals surface area contributed by atoms with Crippen molar-refractivity contribution in [2.24, 2.45) is 0 Å². The smallest absolute Gasteiger partial charge is 0.260 e. The minimum Gasteiger partial charge on any atom is -0.508 e. The number of nitrogens with one attached hydrogen (secondary N) is 3. The minimum atomic E-state index is -0.332. The van der Waals surface area contributed by atoms with Gasteiger partial charge in [0.25, 0.3) is 17.7 Å². The molecule has 10 N–H and O–H groups in total. The van der Waals surface area contributed by atoms with Crippen molar-refractivity contribution in [1.29, 1.82) is 0 Å². The number of hydrogen-bond donors (Lipinski definition) is 10. The molecule has 0 saturated carbocycles. The lowest BCUT2D eigenvalue weighted by Crippen LogP contribution is -2.30. The molecule has 3 heterocycles. The summed E-state index contributed by atoms with van der Waals surface area (Å²) in [7, 11) is 3.01. The summed E-state index contributed by atoms with van der Waals surface area (Å²) in [6, 6.07) is 23.2. The molecule has 9 rings (SSSR count). The number of nitrogens with zero attached hydrogens (tertiary/aromatic N) is 3. The quantitative estimate of drug-likeness (QED) is 0.0138. The van der Waals surface area contributed by atoms with E-state index in [9.17, 15) is 50.1 Å². The second kappa shape index (κ2) is 38.3. The first-order valence-electron chi connectivity index (χ1n) is 35.5. The number of phenolic OH excluding ortho intramolecular Hbond substituents is 7. The molecule has 0 radical (unpaired) electrons. The Hall–Kier alpha value is -11.0. The first-order valence-corrected chi connectivity index (χ1v) is 35.5. The molecule has 0 fully saturated rings. The lowest BCUT2D eigenvalue weighted by Gasteiger charge is -2.23. The van der Waals surface area contributed by atoms with E-state index in [1.54, 1.807) is 52.3 Å². The number of carbonyl (C=O) groups is 3. The Morgan fingerprint density at radius 1 is 0.337 bits per heavy atom. The molecule has 3 aliphatic heterocycles. The fourth-order valence-corrected chi connectivity index (χ4v) is 12.1. The zero-order chi connectivity index (χ0) is 75.9. The third kappa shape index (κ3) is 22.2. The molecule has 0 aliphatic carbocycles. The van der Waals surface area contributed by atoms with Crippen molar-refractivity contribution in [3.8, 4) is 51.7 Å². The van der Waals surface area contributed by atoms with Gasteiger partial charge in [-0.05, 0) is 197 Å². The van der Waals surface area contributed by atoms with Crippen molar-refractivity contribution in [3.63, 3.8) is 0 Å². The number of amides is 3. The van der Waals surface area contributed by atoms with Gasteiger partial charge in [0.15, 0.2) is 0 Å². The SMILES string of the molecule is CC(C)=CCC/C(C)=C/CC/C(C)=C/CN1C(=O)c2cccc(O)c2Nc2c(O)cc(O)cc21.COc1cc(O)c2c(c1)N(C/C=C(\C)CC/C=C(\C)CCC=C(C)C)C(=O)c1cccc(O)c1N2.COc1cc(O)cc2c1Nc1c(O)cccc1C(=O)N2C/C=C(\C)CC/C=C(\C)CCC=C(C)C. The molecule has 0 atom stereocenters. The largest absolute Gasteiger partial charge is 0.508 e. The van der Waals surface area contributed by atoms with E-state index in [0.29, 0.717) is 69.8 Å². The van der Waals surface area contributed by atoms with Gasteiger partial charge in [0.1, 0.15) is 68.8 Å². The van der Waals surface area contributed by atoms with Crippen LogP contribution in [0.5, 0.6) is 51.7 Å². The highest BCUT2D eigenvalue weighted by molar-refractivity contribution is 6.17. The summed E-state index contributed by atoms with van der Waals surface area (Å²) in [6.45, 7) is 26.3. The number of aromatic hydroxyl groups is 7.